The van der Waals surface area contributed by atoms with E-state index in [9.17, 15) is 4.79 Å². The quantitative estimate of drug-likeness (QED) is 0.498. The Hall–Kier alpha value is -3.86. The van der Waals surface area contributed by atoms with Crippen LogP contribution in [0.25, 0.3) is 11.3 Å². The summed E-state index contributed by atoms with van der Waals surface area (Å²) in [6.07, 6.45) is 2.00. The summed E-state index contributed by atoms with van der Waals surface area (Å²) in [7, 11) is 1.60. The lowest BCUT2D eigenvalue weighted by Crippen LogP contribution is -2.22. The number of hydrogen-bond acceptors (Lipinski definition) is 3. The molecule has 3 aromatic carbocycles. The van der Waals surface area contributed by atoms with Crippen LogP contribution in [0.15, 0.2) is 91.1 Å². The second-order valence-corrected chi connectivity index (χ2v) is 6.96. The van der Waals surface area contributed by atoms with E-state index in [-0.39, 0.29) is 5.91 Å². The molecule has 30 heavy (non-hydrogen) atoms. The molecule has 0 atom stereocenters. The van der Waals surface area contributed by atoms with E-state index in [0.29, 0.717) is 18.7 Å². The highest BCUT2D eigenvalue weighted by atomic mass is 16.5. The third-order valence-electron chi connectivity index (χ3n) is 4.86. The fourth-order valence-corrected chi connectivity index (χ4v) is 3.30. The van der Waals surface area contributed by atoms with E-state index in [1.165, 1.54) is 5.56 Å². The van der Waals surface area contributed by atoms with Crippen molar-refractivity contribution in [2.24, 2.45) is 0 Å². The standard InChI is InChI=1S/C25H23N3O2/c1-30-23-14-12-21(13-15-23)25(29)26-16-22-18-28(17-19-8-4-2-5-9-19)27-24(22)20-10-6-3-7-11-20/h2-15,18H,16-17H2,1H3,(H,26,29). The number of carbonyl (C=O) groups excluding carboxylic acids is 1. The minimum atomic E-state index is -0.132. The topological polar surface area (TPSA) is 56.1 Å². The number of benzene rings is 3. The van der Waals surface area contributed by atoms with Crippen LogP contribution in [0.1, 0.15) is 21.5 Å². The molecule has 1 N–H and O–H groups in total. The first-order valence-corrected chi connectivity index (χ1v) is 9.81. The van der Waals surface area contributed by atoms with Crippen LogP contribution in [0.2, 0.25) is 0 Å². The molecule has 0 saturated heterocycles. The Morgan fingerprint density at radius 2 is 1.60 bits per heavy atom. The van der Waals surface area contributed by atoms with Gasteiger partial charge in [-0.2, -0.15) is 5.10 Å². The molecule has 150 valence electrons. The monoisotopic (exact) mass is 397 g/mol. The van der Waals surface area contributed by atoms with E-state index in [4.69, 9.17) is 9.84 Å². The third kappa shape index (κ3) is 4.58. The SMILES string of the molecule is COc1ccc(C(=O)NCc2cn(Cc3ccccc3)nc2-c2ccccc2)cc1. The van der Waals surface area contributed by atoms with Crippen molar-refractivity contribution in [2.45, 2.75) is 13.1 Å². The van der Waals surface area contributed by atoms with Crippen molar-refractivity contribution in [3.05, 3.63) is 108 Å². The van der Waals surface area contributed by atoms with E-state index < -0.39 is 0 Å². The van der Waals surface area contributed by atoms with Gasteiger partial charge in [-0.15, -0.1) is 0 Å². The van der Waals surface area contributed by atoms with Gasteiger partial charge in [-0.1, -0.05) is 60.7 Å². The average molecular weight is 397 g/mol. The highest BCUT2D eigenvalue weighted by Crippen LogP contribution is 2.22. The Labute approximate surface area is 175 Å². The summed E-state index contributed by atoms with van der Waals surface area (Å²) in [5, 5.41) is 7.80. The van der Waals surface area contributed by atoms with Crippen LogP contribution >= 0.6 is 0 Å². The van der Waals surface area contributed by atoms with E-state index in [1.807, 2.05) is 59.4 Å². The average Bonchev–Trinajstić information content (AvgIpc) is 3.21. The highest BCUT2D eigenvalue weighted by Gasteiger charge is 2.13. The molecular weight excluding hydrogens is 374 g/mol. The van der Waals surface area contributed by atoms with Crippen LogP contribution in [-0.4, -0.2) is 22.8 Å². The fraction of sp³-hybridized carbons (Fsp3) is 0.120. The van der Waals surface area contributed by atoms with Crippen molar-refractivity contribution in [1.29, 1.82) is 0 Å². The number of nitrogens with one attached hydrogen (secondary N) is 1. The summed E-state index contributed by atoms with van der Waals surface area (Å²) < 4.78 is 7.07. The number of ether oxygens (including phenoxy) is 1. The van der Waals surface area contributed by atoms with Crippen molar-refractivity contribution in [2.75, 3.05) is 7.11 Å². The van der Waals surface area contributed by atoms with Crippen LogP contribution in [-0.2, 0) is 13.1 Å². The molecule has 4 aromatic rings. The Kier molecular flexibility index (Phi) is 5.90. The summed E-state index contributed by atoms with van der Waals surface area (Å²) in [5.74, 6) is 0.590. The Morgan fingerprint density at radius 3 is 2.27 bits per heavy atom. The van der Waals surface area contributed by atoms with Gasteiger partial charge in [0.1, 0.15) is 5.75 Å². The minimum Gasteiger partial charge on any atom is -0.497 e. The van der Waals surface area contributed by atoms with Crippen molar-refractivity contribution in [3.8, 4) is 17.0 Å². The Morgan fingerprint density at radius 1 is 0.933 bits per heavy atom. The molecule has 0 fully saturated rings. The number of carbonyl (C=O) groups is 1. The van der Waals surface area contributed by atoms with Gasteiger partial charge in [0.25, 0.3) is 5.91 Å². The van der Waals surface area contributed by atoms with Gasteiger partial charge in [0, 0.05) is 29.4 Å². The molecule has 0 unspecified atom stereocenters. The van der Waals surface area contributed by atoms with Crippen molar-refractivity contribution in [1.82, 2.24) is 15.1 Å². The largest absolute Gasteiger partial charge is 0.497 e. The molecule has 4 rings (SSSR count). The number of methoxy groups -OCH3 is 1. The molecule has 0 aliphatic rings. The van der Waals surface area contributed by atoms with Crippen molar-refractivity contribution in [3.63, 3.8) is 0 Å². The minimum absolute atomic E-state index is 0.132. The maximum absolute atomic E-state index is 12.6. The predicted molar refractivity (Wildman–Crippen MR) is 117 cm³/mol. The van der Waals surface area contributed by atoms with Crippen molar-refractivity contribution < 1.29 is 9.53 Å². The molecule has 0 radical (unpaired) electrons. The van der Waals surface area contributed by atoms with Gasteiger partial charge in [-0.05, 0) is 29.8 Å². The lowest BCUT2D eigenvalue weighted by Gasteiger charge is -2.06. The molecule has 5 nitrogen and oxygen atoms in total. The Bertz CT molecular complexity index is 1100. The zero-order valence-electron chi connectivity index (χ0n) is 16.8. The second-order valence-electron chi connectivity index (χ2n) is 6.96. The predicted octanol–water partition coefficient (Wildman–Crippen LogP) is 4.54. The smallest absolute Gasteiger partial charge is 0.251 e. The number of aromatic nitrogens is 2. The third-order valence-corrected chi connectivity index (χ3v) is 4.86. The number of nitrogens with zero attached hydrogens (tertiary/aromatic N) is 2. The number of hydrogen-bond donors (Lipinski definition) is 1. The van der Waals surface area contributed by atoms with Gasteiger partial charge in [0.2, 0.25) is 0 Å². The molecule has 0 aliphatic carbocycles. The molecule has 5 heteroatoms. The Balaban J connectivity index is 1.55. The van der Waals surface area contributed by atoms with E-state index in [0.717, 1.165) is 22.6 Å². The number of amides is 1. The van der Waals surface area contributed by atoms with Gasteiger partial charge in [0.15, 0.2) is 0 Å². The first-order valence-electron chi connectivity index (χ1n) is 9.81. The summed E-state index contributed by atoms with van der Waals surface area (Å²) >= 11 is 0. The first kappa shape index (κ1) is 19.5. The lowest BCUT2D eigenvalue weighted by molar-refractivity contribution is 0.0951. The molecule has 0 spiro atoms. The lowest BCUT2D eigenvalue weighted by atomic mass is 10.1. The molecule has 1 heterocycles. The summed E-state index contributed by atoms with van der Waals surface area (Å²) in [6, 6.07) is 27.3. The molecule has 0 bridgehead atoms. The van der Waals surface area contributed by atoms with Gasteiger partial charge >= 0.3 is 0 Å². The van der Waals surface area contributed by atoms with E-state index in [2.05, 4.69) is 17.4 Å². The number of rotatable bonds is 7. The molecule has 1 aromatic heterocycles. The maximum atomic E-state index is 12.6. The van der Waals surface area contributed by atoms with E-state index >= 15 is 0 Å². The van der Waals surface area contributed by atoms with Gasteiger partial charge < -0.3 is 10.1 Å². The molecular formula is C25H23N3O2. The maximum Gasteiger partial charge on any atom is 0.251 e. The van der Waals surface area contributed by atoms with Crippen molar-refractivity contribution >= 4 is 5.91 Å². The zero-order valence-corrected chi connectivity index (χ0v) is 16.8. The van der Waals surface area contributed by atoms with Crippen LogP contribution in [0, 0.1) is 0 Å². The van der Waals surface area contributed by atoms with E-state index in [1.54, 1.807) is 31.4 Å². The normalized spacial score (nSPS) is 10.6. The second kappa shape index (κ2) is 9.09. The first-order chi connectivity index (χ1) is 14.7. The van der Waals surface area contributed by atoms with Crippen LogP contribution in [0.4, 0.5) is 0 Å². The summed E-state index contributed by atoms with van der Waals surface area (Å²) in [6.45, 7) is 1.07. The van der Waals surface area contributed by atoms with Gasteiger partial charge in [-0.3, -0.25) is 9.48 Å². The highest BCUT2D eigenvalue weighted by molar-refractivity contribution is 5.94. The molecule has 1 amide bonds. The van der Waals surface area contributed by atoms with Crippen LogP contribution in [0.5, 0.6) is 5.75 Å². The van der Waals surface area contributed by atoms with Crippen LogP contribution < -0.4 is 10.1 Å². The zero-order chi connectivity index (χ0) is 20.8. The van der Waals surface area contributed by atoms with Gasteiger partial charge in [0.05, 0.1) is 19.3 Å². The van der Waals surface area contributed by atoms with Crippen LogP contribution in [0.3, 0.4) is 0 Å². The molecule has 0 saturated carbocycles. The molecule has 0 aliphatic heterocycles. The summed E-state index contributed by atoms with van der Waals surface area (Å²) in [5.41, 5.74) is 4.64. The van der Waals surface area contributed by atoms with Gasteiger partial charge in [-0.25, -0.2) is 0 Å². The fourth-order valence-electron chi connectivity index (χ4n) is 3.30. The summed E-state index contributed by atoms with van der Waals surface area (Å²) in [4.78, 5) is 12.6.